The summed E-state index contributed by atoms with van der Waals surface area (Å²) in [6, 6.07) is 4.05. The van der Waals surface area contributed by atoms with E-state index in [-0.39, 0.29) is 5.56 Å². The van der Waals surface area contributed by atoms with E-state index < -0.39 is 0 Å². The zero-order chi connectivity index (χ0) is 18.4. The maximum absolute atomic E-state index is 12.7. The van der Waals surface area contributed by atoms with Gasteiger partial charge in [0.15, 0.2) is 5.82 Å². The third-order valence-electron chi connectivity index (χ3n) is 4.58. The Morgan fingerprint density at radius 1 is 1.22 bits per heavy atom. The van der Waals surface area contributed by atoms with E-state index in [9.17, 15) is 4.79 Å². The summed E-state index contributed by atoms with van der Waals surface area (Å²) in [4.78, 5) is 28.0. The Kier molecular flexibility index (Phi) is 4.47. The van der Waals surface area contributed by atoms with Crippen molar-refractivity contribution in [3.05, 3.63) is 55.2 Å². The lowest BCUT2D eigenvalue weighted by molar-refractivity contribution is 0.700. The zero-order valence-corrected chi connectivity index (χ0v) is 17.3. The standard InChI is InChI=1S/C19H14ClN3OS3/c20-12(8-10-9-26-18(21-10)14-6-3-7-25-14)16-22-17(24)15-11-4-1-2-5-13(11)27-19(15)23-16/h3,6-9H,1-2,4-5H2,(H,22,23,24)/b12-8+. The average Bonchev–Trinajstić information content (AvgIpc) is 3.40. The number of thiazole rings is 1. The van der Waals surface area contributed by atoms with E-state index in [4.69, 9.17) is 11.6 Å². The first-order valence-corrected chi connectivity index (χ1v) is 11.6. The van der Waals surface area contributed by atoms with Crippen LogP contribution in [-0.4, -0.2) is 15.0 Å². The van der Waals surface area contributed by atoms with Gasteiger partial charge in [0.1, 0.15) is 9.84 Å². The zero-order valence-electron chi connectivity index (χ0n) is 14.1. The molecule has 0 atom stereocenters. The highest BCUT2D eigenvalue weighted by Gasteiger charge is 2.20. The van der Waals surface area contributed by atoms with Crippen molar-refractivity contribution in [3.8, 4) is 9.88 Å². The van der Waals surface area contributed by atoms with Gasteiger partial charge in [0, 0.05) is 10.3 Å². The van der Waals surface area contributed by atoms with Crippen LogP contribution in [0.15, 0.2) is 27.7 Å². The van der Waals surface area contributed by atoms with Gasteiger partial charge in [0.2, 0.25) is 0 Å². The quantitative estimate of drug-likeness (QED) is 0.447. The first kappa shape index (κ1) is 17.3. The highest BCUT2D eigenvalue weighted by molar-refractivity contribution is 7.20. The molecular weight excluding hydrogens is 418 g/mol. The molecule has 0 radical (unpaired) electrons. The lowest BCUT2D eigenvalue weighted by Gasteiger charge is -2.09. The molecule has 0 bridgehead atoms. The molecule has 4 nitrogen and oxygen atoms in total. The Morgan fingerprint density at radius 3 is 2.96 bits per heavy atom. The Morgan fingerprint density at radius 2 is 2.11 bits per heavy atom. The van der Waals surface area contributed by atoms with E-state index in [2.05, 4.69) is 15.0 Å². The molecule has 0 fully saturated rings. The molecule has 5 rings (SSSR count). The summed E-state index contributed by atoms with van der Waals surface area (Å²) in [5.41, 5.74) is 1.85. The number of halogens is 1. The van der Waals surface area contributed by atoms with Crippen LogP contribution < -0.4 is 5.56 Å². The van der Waals surface area contributed by atoms with Crippen molar-refractivity contribution in [2.75, 3.05) is 0 Å². The SMILES string of the molecule is O=c1[nH]c(/C(Cl)=C\c2csc(-c3cccs3)n2)nc2sc3c(c12)CCCC3. The van der Waals surface area contributed by atoms with Crippen LogP contribution in [0.1, 0.15) is 34.8 Å². The van der Waals surface area contributed by atoms with E-state index >= 15 is 0 Å². The van der Waals surface area contributed by atoms with E-state index in [0.717, 1.165) is 45.1 Å². The number of fused-ring (bicyclic) bond motifs is 3. The van der Waals surface area contributed by atoms with Crippen LogP contribution in [0.2, 0.25) is 0 Å². The Hall–Kier alpha value is -1.80. The molecule has 4 aromatic rings. The highest BCUT2D eigenvalue weighted by Crippen LogP contribution is 2.34. The maximum Gasteiger partial charge on any atom is 0.260 e. The molecule has 0 amide bonds. The number of aromatic amines is 1. The largest absolute Gasteiger partial charge is 0.305 e. The third kappa shape index (κ3) is 3.18. The molecular formula is C19H14ClN3OS3. The summed E-state index contributed by atoms with van der Waals surface area (Å²) in [5, 5.41) is 6.09. The van der Waals surface area contributed by atoms with Gasteiger partial charge >= 0.3 is 0 Å². The second-order valence-electron chi connectivity index (χ2n) is 6.35. The summed E-state index contributed by atoms with van der Waals surface area (Å²) in [5.74, 6) is 0.401. The van der Waals surface area contributed by atoms with Gasteiger partial charge in [-0.05, 0) is 48.8 Å². The van der Waals surface area contributed by atoms with E-state index in [1.165, 1.54) is 16.9 Å². The minimum Gasteiger partial charge on any atom is -0.305 e. The van der Waals surface area contributed by atoms with Gasteiger partial charge in [-0.25, -0.2) is 9.97 Å². The monoisotopic (exact) mass is 431 g/mol. The number of H-pyrrole nitrogens is 1. The van der Waals surface area contributed by atoms with Gasteiger partial charge in [0.05, 0.1) is 21.0 Å². The Balaban J connectivity index is 1.53. The number of aromatic nitrogens is 3. The summed E-state index contributed by atoms with van der Waals surface area (Å²) >= 11 is 11.3. The van der Waals surface area contributed by atoms with Crippen molar-refractivity contribution in [1.82, 2.24) is 15.0 Å². The Bertz CT molecular complexity index is 1220. The maximum atomic E-state index is 12.7. The van der Waals surface area contributed by atoms with Gasteiger partial charge < -0.3 is 4.98 Å². The highest BCUT2D eigenvalue weighted by atomic mass is 35.5. The number of hydrogen-bond donors (Lipinski definition) is 1. The van der Waals surface area contributed by atoms with Gasteiger partial charge in [-0.3, -0.25) is 4.79 Å². The molecule has 4 heterocycles. The minimum atomic E-state index is -0.0986. The molecule has 1 aliphatic carbocycles. The molecule has 1 aliphatic rings. The minimum absolute atomic E-state index is 0.0986. The fourth-order valence-electron chi connectivity index (χ4n) is 3.34. The summed E-state index contributed by atoms with van der Waals surface area (Å²) < 4.78 is 0. The first-order chi connectivity index (χ1) is 13.2. The van der Waals surface area contributed by atoms with Crippen LogP contribution >= 0.6 is 45.6 Å². The molecule has 0 aromatic carbocycles. The molecule has 1 N–H and O–H groups in total. The predicted octanol–water partition coefficient (Wildman–Crippen LogP) is 5.79. The van der Waals surface area contributed by atoms with E-state index in [1.807, 2.05) is 22.9 Å². The topological polar surface area (TPSA) is 58.6 Å². The smallest absolute Gasteiger partial charge is 0.260 e. The van der Waals surface area contributed by atoms with Crippen LogP contribution in [0.3, 0.4) is 0 Å². The lowest BCUT2D eigenvalue weighted by Crippen LogP contribution is -2.12. The molecule has 0 saturated heterocycles. The average molecular weight is 432 g/mol. The van der Waals surface area contributed by atoms with Crippen LogP contribution in [0.4, 0.5) is 0 Å². The molecule has 0 aliphatic heterocycles. The van der Waals surface area contributed by atoms with Crippen molar-refractivity contribution in [1.29, 1.82) is 0 Å². The second-order valence-corrected chi connectivity index (χ2v) is 9.65. The van der Waals surface area contributed by atoms with Crippen molar-refractivity contribution in [2.24, 2.45) is 0 Å². The Labute approximate surface area is 172 Å². The van der Waals surface area contributed by atoms with Crippen LogP contribution in [-0.2, 0) is 12.8 Å². The first-order valence-electron chi connectivity index (χ1n) is 8.60. The lowest BCUT2D eigenvalue weighted by atomic mass is 9.97. The normalized spacial score (nSPS) is 14.6. The summed E-state index contributed by atoms with van der Waals surface area (Å²) in [6.07, 6.45) is 6.08. The molecule has 0 saturated carbocycles. The van der Waals surface area contributed by atoms with Crippen molar-refractivity contribution in [3.63, 3.8) is 0 Å². The van der Waals surface area contributed by atoms with Gasteiger partial charge in [0.25, 0.3) is 5.56 Å². The molecule has 4 aromatic heterocycles. The molecule has 136 valence electrons. The third-order valence-corrected chi connectivity index (χ3v) is 7.95. The number of nitrogens with one attached hydrogen (secondary N) is 1. The van der Waals surface area contributed by atoms with E-state index in [1.54, 1.807) is 40.1 Å². The van der Waals surface area contributed by atoms with Crippen LogP contribution in [0, 0.1) is 0 Å². The molecule has 0 spiro atoms. The van der Waals surface area contributed by atoms with E-state index in [0.29, 0.717) is 10.9 Å². The van der Waals surface area contributed by atoms with Gasteiger partial charge in [-0.2, -0.15) is 0 Å². The number of hydrogen-bond acceptors (Lipinski definition) is 6. The predicted molar refractivity (Wildman–Crippen MR) is 116 cm³/mol. The summed E-state index contributed by atoms with van der Waals surface area (Å²) in [6.45, 7) is 0. The molecule has 0 unspecified atom stereocenters. The number of rotatable bonds is 3. The van der Waals surface area contributed by atoms with Crippen molar-refractivity contribution < 1.29 is 0 Å². The van der Waals surface area contributed by atoms with Crippen LogP contribution in [0.25, 0.3) is 31.2 Å². The summed E-state index contributed by atoms with van der Waals surface area (Å²) in [7, 11) is 0. The molecule has 27 heavy (non-hydrogen) atoms. The second kappa shape index (κ2) is 6.98. The van der Waals surface area contributed by atoms with Crippen molar-refractivity contribution in [2.45, 2.75) is 25.7 Å². The number of aryl methyl sites for hydroxylation is 2. The number of nitrogens with zero attached hydrogens (tertiary/aromatic N) is 2. The fraction of sp³-hybridized carbons (Fsp3) is 0.211. The van der Waals surface area contributed by atoms with Gasteiger partial charge in [-0.15, -0.1) is 34.0 Å². The molecule has 8 heteroatoms. The van der Waals surface area contributed by atoms with Gasteiger partial charge in [-0.1, -0.05) is 17.7 Å². The number of thiophene rings is 2. The van der Waals surface area contributed by atoms with Crippen LogP contribution in [0.5, 0.6) is 0 Å². The fourth-order valence-corrected chi connectivity index (χ4v) is 6.40. The van der Waals surface area contributed by atoms with Crippen molar-refractivity contribution >= 4 is 66.9 Å².